The van der Waals surface area contributed by atoms with Crippen molar-refractivity contribution >= 4 is 0 Å². The van der Waals surface area contributed by atoms with Crippen molar-refractivity contribution in [3.8, 4) is 5.75 Å². The highest BCUT2D eigenvalue weighted by Crippen LogP contribution is 2.39. The predicted molar refractivity (Wildman–Crippen MR) is 93.7 cm³/mol. The molecule has 1 fully saturated rings. The summed E-state index contributed by atoms with van der Waals surface area (Å²) >= 11 is 0. The van der Waals surface area contributed by atoms with Crippen LogP contribution in [0.3, 0.4) is 0 Å². The molecule has 2 aliphatic rings. The van der Waals surface area contributed by atoms with E-state index >= 15 is 0 Å². The Balaban J connectivity index is 1.65. The minimum atomic E-state index is -4.63. The Morgan fingerprint density at radius 1 is 1.32 bits per heavy atom. The Bertz CT molecular complexity index is 832. The summed E-state index contributed by atoms with van der Waals surface area (Å²) in [6.45, 7) is 2.27. The number of aliphatic hydroxyl groups is 1. The molecule has 9 heteroatoms. The number of rotatable bonds is 4. The van der Waals surface area contributed by atoms with Gasteiger partial charge >= 0.3 is 6.18 Å². The first kappa shape index (κ1) is 19.2. The molecule has 1 saturated heterocycles. The maximum absolute atomic E-state index is 13.7. The van der Waals surface area contributed by atoms with Crippen LogP contribution in [0.1, 0.15) is 48.0 Å². The molecule has 0 amide bonds. The maximum atomic E-state index is 13.7. The Morgan fingerprint density at radius 2 is 2.18 bits per heavy atom. The van der Waals surface area contributed by atoms with Gasteiger partial charge in [-0.3, -0.25) is 0 Å². The van der Waals surface area contributed by atoms with E-state index in [1.54, 1.807) is 4.57 Å². The van der Waals surface area contributed by atoms with Crippen molar-refractivity contribution in [1.82, 2.24) is 14.9 Å². The molecule has 2 N–H and O–H groups in total. The second-order valence-electron chi connectivity index (χ2n) is 6.99. The van der Waals surface area contributed by atoms with E-state index in [9.17, 15) is 18.3 Å². The van der Waals surface area contributed by atoms with Crippen molar-refractivity contribution in [2.24, 2.45) is 0 Å². The molecule has 3 heterocycles. The van der Waals surface area contributed by atoms with E-state index in [2.05, 4.69) is 10.3 Å². The van der Waals surface area contributed by atoms with Gasteiger partial charge < -0.3 is 24.5 Å². The number of fused-ring (bicyclic) bond motifs is 1. The quantitative estimate of drug-likeness (QED) is 0.830. The molecule has 4 rings (SSSR count). The third-order valence-electron chi connectivity index (χ3n) is 5.07. The molecule has 2 aliphatic heterocycles. The summed E-state index contributed by atoms with van der Waals surface area (Å²) in [6.07, 6.45) is -2.69. The number of ether oxygens (including phenoxy) is 2. The number of imidazole rings is 1. The summed E-state index contributed by atoms with van der Waals surface area (Å²) in [4.78, 5) is 4.21. The summed E-state index contributed by atoms with van der Waals surface area (Å²) in [5, 5.41) is 13.9. The number of halogens is 3. The van der Waals surface area contributed by atoms with Crippen molar-refractivity contribution in [2.45, 2.75) is 50.9 Å². The van der Waals surface area contributed by atoms with Crippen LogP contribution < -0.4 is 10.1 Å². The number of benzene rings is 1. The Hall–Kier alpha value is -2.10. The fourth-order valence-electron chi connectivity index (χ4n) is 3.65. The van der Waals surface area contributed by atoms with E-state index in [1.807, 2.05) is 0 Å². The molecule has 0 aliphatic carbocycles. The average molecular weight is 397 g/mol. The van der Waals surface area contributed by atoms with Crippen molar-refractivity contribution in [1.29, 1.82) is 0 Å². The highest BCUT2D eigenvalue weighted by atomic mass is 19.4. The molecule has 2 unspecified atom stereocenters. The molecule has 2 atom stereocenters. The summed E-state index contributed by atoms with van der Waals surface area (Å²) in [5.41, 5.74) is -0.783. The van der Waals surface area contributed by atoms with Crippen molar-refractivity contribution in [2.75, 3.05) is 13.2 Å². The minimum absolute atomic E-state index is 0.0784. The summed E-state index contributed by atoms with van der Waals surface area (Å²) in [5.74, 6) is 0.776. The lowest BCUT2D eigenvalue weighted by Gasteiger charge is -2.25. The van der Waals surface area contributed by atoms with Gasteiger partial charge in [0.25, 0.3) is 0 Å². The molecule has 152 valence electrons. The van der Waals surface area contributed by atoms with Crippen LogP contribution in [0.15, 0.2) is 24.4 Å². The first-order chi connectivity index (χ1) is 13.4. The van der Waals surface area contributed by atoms with E-state index in [1.165, 1.54) is 18.3 Å². The third-order valence-corrected chi connectivity index (χ3v) is 5.07. The van der Waals surface area contributed by atoms with Crippen LogP contribution in [-0.2, 0) is 24.0 Å². The zero-order chi connectivity index (χ0) is 19.7. The molecule has 0 radical (unpaired) electrons. The van der Waals surface area contributed by atoms with Gasteiger partial charge in [-0.05, 0) is 30.5 Å². The lowest BCUT2D eigenvalue weighted by Crippen LogP contribution is -2.30. The Kier molecular flexibility index (Phi) is 5.31. The van der Waals surface area contributed by atoms with E-state index in [0.29, 0.717) is 44.2 Å². The summed E-state index contributed by atoms with van der Waals surface area (Å²) in [6, 6.07) is 3.65. The van der Waals surface area contributed by atoms with E-state index in [0.717, 1.165) is 18.9 Å². The highest BCUT2D eigenvalue weighted by molar-refractivity contribution is 5.41. The number of aliphatic hydroxyl groups excluding tert-OH is 1. The third kappa shape index (κ3) is 3.87. The fraction of sp³-hybridized carbons (Fsp3) is 0.526. The van der Waals surface area contributed by atoms with Gasteiger partial charge in [-0.2, -0.15) is 13.2 Å². The molecular formula is C19H22F3N3O3. The maximum Gasteiger partial charge on any atom is 0.416 e. The molecule has 0 spiro atoms. The number of nitrogens with one attached hydrogen (secondary N) is 1. The van der Waals surface area contributed by atoms with Crippen LogP contribution in [0.5, 0.6) is 5.75 Å². The van der Waals surface area contributed by atoms with Crippen LogP contribution in [-0.4, -0.2) is 34.1 Å². The first-order valence-corrected chi connectivity index (χ1v) is 9.36. The summed E-state index contributed by atoms with van der Waals surface area (Å²) in [7, 11) is 0. The number of alkyl halides is 3. The smallest absolute Gasteiger partial charge is 0.416 e. The molecule has 28 heavy (non-hydrogen) atoms. The van der Waals surface area contributed by atoms with Crippen LogP contribution in [0.4, 0.5) is 13.2 Å². The van der Waals surface area contributed by atoms with Gasteiger partial charge in [0.05, 0.1) is 30.6 Å². The van der Waals surface area contributed by atoms with Crippen LogP contribution >= 0.6 is 0 Å². The first-order valence-electron chi connectivity index (χ1n) is 9.36. The van der Waals surface area contributed by atoms with Crippen LogP contribution in [0.25, 0.3) is 0 Å². The summed E-state index contributed by atoms with van der Waals surface area (Å²) < 4.78 is 53.9. The Morgan fingerprint density at radius 3 is 2.93 bits per heavy atom. The largest absolute Gasteiger partial charge is 0.465 e. The second-order valence-corrected chi connectivity index (χ2v) is 6.99. The number of aromatic nitrogens is 2. The van der Waals surface area contributed by atoms with Gasteiger partial charge in [-0.25, -0.2) is 4.98 Å². The van der Waals surface area contributed by atoms with E-state index in [4.69, 9.17) is 9.47 Å². The monoisotopic (exact) mass is 397 g/mol. The molecule has 0 bridgehead atoms. The molecule has 1 aromatic carbocycles. The van der Waals surface area contributed by atoms with Gasteiger partial charge in [0.2, 0.25) is 0 Å². The highest BCUT2D eigenvalue weighted by Gasteiger charge is 2.37. The lowest BCUT2D eigenvalue weighted by molar-refractivity contribution is -0.139. The molecule has 2 aromatic rings. The number of hydrogen-bond acceptors (Lipinski definition) is 5. The molecule has 6 nitrogen and oxygen atoms in total. The van der Waals surface area contributed by atoms with Crippen LogP contribution in [0.2, 0.25) is 0 Å². The zero-order valence-electron chi connectivity index (χ0n) is 15.2. The second kappa shape index (κ2) is 7.73. The van der Waals surface area contributed by atoms with Gasteiger partial charge in [0.1, 0.15) is 17.7 Å². The number of nitrogens with zero attached hydrogens (tertiary/aromatic N) is 2. The van der Waals surface area contributed by atoms with Gasteiger partial charge in [0.15, 0.2) is 6.29 Å². The van der Waals surface area contributed by atoms with E-state index < -0.39 is 24.1 Å². The van der Waals surface area contributed by atoms with Gasteiger partial charge in [-0.1, -0.05) is 6.07 Å². The van der Waals surface area contributed by atoms with Crippen molar-refractivity contribution in [3.63, 3.8) is 0 Å². The fourth-order valence-corrected chi connectivity index (χ4v) is 3.65. The minimum Gasteiger partial charge on any atom is -0.465 e. The topological polar surface area (TPSA) is 68.5 Å². The lowest BCUT2D eigenvalue weighted by atomic mass is 9.99. The van der Waals surface area contributed by atoms with Crippen molar-refractivity contribution in [3.05, 3.63) is 47.0 Å². The van der Waals surface area contributed by atoms with Crippen molar-refractivity contribution < 1.29 is 27.8 Å². The van der Waals surface area contributed by atoms with Gasteiger partial charge in [-0.15, -0.1) is 0 Å². The van der Waals surface area contributed by atoms with E-state index in [-0.39, 0.29) is 11.3 Å². The number of hydrogen-bond donors (Lipinski definition) is 2. The standard InChI is InChI=1S/C19H22F3N3O3/c20-19(21,22)14-9-12(28-17-3-1-2-8-27-17)4-5-13(14)18(26)15-10-24-16-11-23-6-7-25(15)16/h4-5,9-10,17-18,23,26H,1-3,6-8,11H2. The molecular weight excluding hydrogens is 375 g/mol. The van der Waals surface area contributed by atoms with Gasteiger partial charge in [0, 0.05) is 19.5 Å². The molecule has 1 aromatic heterocycles. The predicted octanol–water partition coefficient (Wildman–Crippen LogP) is 2.99. The normalized spacial score (nSPS) is 21.2. The molecule has 0 saturated carbocycles. The zero-order valence-corrected chi connectivity index (χ0v) is 15.2. The average Bonchev–Trinajstić information content (AvgIpc) is 3.12. The Labute approximate surface area is 160 Å². The van der Waals surface area contributed by atoms with Crippen LogP contribution in [0, 0.1) is 0 Å². The SMILES string of the molecule is OC(c1ccc(OC2CCCCO2)cc1C(F)(F)F)c1cnc2n1CCNC2.